The lowest BCUT2D eigenvalue weighted by Crippen LogP contribution is -2.41. The first kappa shape index (κ1) is 17.8. The summed E-state index contributed by atoms with van der Waals surface area (Å²) in [6.07, 6.45) is 9.78. The molecule has 0 radical (unpaired) electrons. The summed E-state index contributed by atoms with van der Waals surface area (Å²) in [6, 6.07) is 0.0394. The van der Waals surface area contributed by atoms with Gasteiger partial charge in [-0.25, -0.2) is 0 Å². The van der Waals surface area contributed by atoms with E-state index in [4.69, 9.17) is 5.11 Å². The Morgan fingerprint density at radius 2 is 1.83 bits per heavy atom. The van der Waals surface area contributed by atoms with Crippen LogP contribution in [0.3, 0.4) is 0 Å². The van der Waals surface area contributed by atoms with E-state index in [0.717, 1.165) is 12.8 Å². The molecule has 0 spiro atoms. The van der Waals surface area contributed by atoms with Crippen LogP contribution in [0.25, 0.3) is 0 Å². The predicted molar refractivity (Wildman–Crippen MR) is 80.0 cm³/mol. The van der Waals surface area contributed by atoms with Crippen LogP contribution < -0.4 is 5.32 Å². The molecule has 0 bridgehead atoms. The van der Waals surface area contributed by atoms with Crippen LogP contribution in [0, 0.1) is 0 Å². The van der Waals surface area contributed by atoms with Crippen LogP contribution in [0.15, 0.2) is 0 Å². The zero-order chi connectivity index (χ0) is 13.8. The second kappa shape index (κ2) is 11.8. The van der Waals surface area contributed by atoms with Crippen molar-refractivity contribution < 1.29 is 9.90 Å². The molecule has 0 saturated heterocycles. The van der Waals surface area contributed by atoms with Gasteiger partial charge in [-0.3, -0.25) is 4.79 Å². The van der Waals surface area contributed by atoms with Crippen molar-refractivity contribution in [2.45, 2.75) is 70.1 Å². The molecular weight excluding hydrogens is 246 g/mol. The number of carbonyl (C=O) groups excluding carboxylic acids is 1. The minimum absolute atomic E-state index is 0.0394. The fourth-order valence-corrected chi connectivity index (χ4v) is 2.55. The van der Waals surface area contributed by atoms with E-state index in [1.807, 2.05) is 13.2 Å². The van der Waals surface area contributed by atoms with Crippen LogP contribution in [-0.2, 0) is 4.79 Å². The van der Waals surface area contributed by atoms with Crippen LogP contribution in [-0.4, -0.2) is 35.2 Å². The van der Waals surface area contributed by atoms with Gasteiger partial charge < -0.3 is 10.4 Å². The third kappa shape index (κ3) is 8.81. The van der Waals surface area contributed by atoms with Gasteiger partial charge in [-0.05, 0) is 19.6 Å². The normalized spacial score (nSPS) is 14.2. The van der Waals surface area contributed by atoms with Gasteiger partial charge in [0, 0.05) is 17.7 Å². The number of thioether (sulfide) groups is 1. The summed E-state index contributed by atoms with van der Waals surface area (Å²) in [4.78, 5) is 11.7. The quantitative estimate of drug-likeness (QED) is 0.570. The molecule has 0 fully saturated rings. The van der Waals surface area contributed by atoms with Crippen LogP contribution >= 0.6 is 11.8 Å². The van der Waals surface area contributed by atoms with E-state index in [1.165, 1.54) is 25.7 Å². The fraction of sp³-hybridized carbons (Fsp3) is 0.929. The molecule has 18 heavy (non-hydrogen) atoms. The molecule has 0 rings (SSSR count). The highest BCUT2D eigenvalue weighted by molar-refractivity contribution is 7.99. The zero-order valence-corrected chi connectivity index (χ0v) is 12.9. The Kier molecular flexibility index (Phi) is 11.7. The van der Waals surface area contributed by atoms with Gasteiger partial charge in [-0.15, -0.1) is 0 Å². The number of hydrogen-bond donors (Lipinski definition) is 2. The lowest BCUT2D eigenvalue weighted by Gasteiger charge is -2.21. The van der Waals surface area contributed by atoms with Crippen molar-refractivity contribution >= 4 is 17.7 Å². The second-order valence-corrected chi connectivity index (χ2v) is 5.91. The molecule has 0 heterocycles. The lowest BCUT2D eigenvalue weighted by molar-refractivity contribution is -0.121. The van der Waals surface area contributed by atoms with Crippen molar-refractivity contribution in [2.24, 2.45) is 0 Å². The van der Waals surface area contributed by atoms with Gasteiger partial charge in [0.25, 0.3) is 0 Å². The average molecular weight is 275 g/mol. The minimum Gasteiger partial charge on any atom is -0.395 e. The number of carbonyl (C=O) groups is 1. The number of rotatable bonds is 11. The summed E-state index contributed by atoms with van der Waals surface area (Å²) in [7, 11) is 0. The highest BCUT2D eigenvalue weighted by Gasteiger charge is 2.16. The summed E-state index contributed by atoms with van der Waals surface area (Å²) in [6.45, 7) is 4.27. The molecule has 108 valence electrons. The van der Waals surface area contributed by atoms with E-state index in [2.05, 4.69) is 12.2 Å². The molecule has 1 amide bonds. The maximum Gasteiger partial charge on any atom is 0.220 e. The van der Waals surface area contributed by atoms with E-state index in [-0.39, 0.29) is 23.8 Å². The summed E-state index contributed by atoms with van der Waals surface area (Å²) in [5, 5.41) is 12.2. The van der Waals surface area contributed by atoms with E-state index < -0.39 is 0 Å². The highest BCUT2D eigenvalue weighted by Crippen LogP contribution is 2.11. The molecule has 2 unspecified atom stereocenters. The molecule has 0 aromatic rings. The summed E-state index contributed by atoms with van der Waals surface area (Å²) >= 11 is 1.59. The number of unbranched alkanes of at least 4 members (excludes halogenated alkanes) is 5. The van der Waals surface area contributed by atoms with Gasteiger partial charge in [-0.2, -0.15) is 11.8 Å². The Bertz CT molecular complexity index is 208. The molecule has 2 atom stereocenters. The van der Waals surface area contributed by atoms with Crippen molar-refractivity contribution in [1.82, 2.24) is 5.32 Å². The van der Waals surface area contributed by atoms with Crippen molar-refractivity contribution in [1.29, 1.82) is 0 Å². The van der Waals surface area contributed by atoms with E-state index >= 15 is 0 Å². The van der Waals surface area contributed by atoms with Gasteiger partial charge in [0.15, 0.2) is 0 Å². The summed E-state index contributed by atoms with van der Waals surface area (Å²) in [5.74, 6) is 0.116. The number of hydrogen-bond acceptors (Lipinski definition) is 3. The largest absolute Gasteiger partial charge is 0.395 e. The Balaban J connectivity index is 3.58. The van der Waals surface area contributed by atoms with Crippen molar-refractivity contribution in [2.75, 3.05) is 12.9 Å². The van der Waals surface area contributed by atoms with Crippen LogP contribution in [0.4, 0.5) is 0 Å². The van der Waals surface area contributed by atoms with Crippen molar-refractivity contribution in [3.8, 4) is 0 Å². The Labute approximate surface area is 116 Å². The lowest BCUT2D eigenvalue weighted by atomic mass is 10.1. The zero-order valence-electron chi connectivity index (χ0n) is 12.1. The Hall–Kier alpha value is -0.220. The highest BCUT2D eigenvalue weighted by atomic mass is 32.2. The monoisotopic (exact) mass is 275 g/mol. The van der Waals surface area contributed by atoms with Crippen LogP contribution in [0.5, 0.6) is 0 Å². The average Bonchev–Trinajstić information content (AvgIpc) is 2.35. The smallest absolute Gasteiger partial charge is 0.220 e. The first-order valence-electron chi connectivity index (χ1n) is 7.08. The number of amides is 1. The topological polar surface area (TPSA) is 49.3 Å². The second-order valence-electron chi connectivity index (χ2n) is 4.83. The molecule has 0 aromatic heterocycles. The van der Waals surface area contributed by atoms with Gasteiger partial charge in [-0.1, -0.05) is 39.0 Å². The molecule has 4 heteroatoms. The maximum atomic E-state index is 11.7. The van der Waals surface area contributed by atoms with E-state index in [0.29, 0.717) is 6.42 Å². The Morgan fingerprint density at radius 1 is 1.22 bits per heavy atom. The van der Waals surface area contributed by atoms with Gasteiger partial charge in [0.1, 0.15) is 0 Å². The van der Waals surface area contributed by atoms with Gasteiger partial charge >= 0.3 is 0 Å². The number of nitrogens with one attached hydrogen (secondary N) is 1. The third-order valence-electron chi connectivity index (χ3n) is 3.19. The van der Waals surface area contributed by atoms with E-state index in [9.17, 15) is 4.79 Å². The SMILES string of the molecule is CCCCCCCCC(=O)NC(C)C(CO)SC. The fourth-order valence-electron chi connectivity index (χ4n) is 1.92. The van der Waals surface area contributed by atoms with E-state index in [1.54, 1.807) is 11.8 Å². The van der Waals surface area contributed by atoms with Crippen LogP contribution in [0.1, 0.15) is 58.8 Å². The number of aliphatic hydroxyl groups excluding tert-OH is 1. The predicted octanol–water partition coefficient (Wildman–Crippen LogP) is 2.97. The first-order chi connectivity index (χ1) is 8.65. The third-order valence-corrected chi connectivity index (χ3v) is 4.35. The molecule has 0 aromatic carbocycles. The molecule has 0 aliphatic heterocycles. The standard InChI is InChI=1S/C14H29NO2S/c1-4-5-6-7-8-9-10-14(17)15-12(2)13(11-16)18-3/h12-13,16H,4-11H2,1-3H3,(H,15,17). The van der Waals surface area contributed by atoms with Crippen molar-refractivity contribution in [3.63, 3.8) is 0 Å². The van der Waals surface area contributed by atoms with Crippen LogP contribution in [0.2, 0.25) is 0 Å². The Morgan fingerprint density at radius 3 is 2.39 bits per heavy atom. The summed E-state index contributed by atoms with van der Waals surface area (Å²) < 4.78 is 0. The molecule has 3 nitrogen and oxygen atoms in total. The molecular formula is C14H29NO2S. The van der Waals surface area contributed by atoms with Crippen molar-refractivity contribution in [3.05, 3.63) is 0 Å². The summed E-state index contributed by atoms with van der Waals surface area (Å²) in [5.41, 5.74) is 0. The molecule has 0 aliphatic carbocycles. The molecule has 0 aliphatic rings. The number of aliphatic hydroxyl groups is 1. The molecule has 2 N–H and O–H groups in total. The first-order valence-corrected chi connectivity index (χ1v) is 8.37. The maximum absolute atomic E-state index is 11.7. The molecule has 0 saturated carbocycles. The van der Waals surface area contributed by atoms with Gasteiger partial charge in [0.05, 0.1) is 6.61 Å². The minimum atomic E-state index is 0.0394. The van der Waals surface area contributed by atoms with Gasteiger partial charge in [0.2, 0.25) is 5.91 Å².